The number of carbonyl (C=O) groups excluding carboxylic acids is 1. The second-order valence-corrected chi connectivity index (χ2v) is 4.14. The quantitative estimate of drug-likeness (QED) is 0.892. The molecule has 3 heteroatoms. The monoisotopic (exact) mass is 240 g/mol. The van der Waals surface area contributed by atoms with Crippen molar-refractivity contribution in [2.45, 2.75) is 19.8 Å². The second kappa shape index (κ2) is 5.96. The molecule has 1 heterocycles. The number of carbonyl (C=O) groups is 1. The van der Waals surface area contributed by atoms with Gasteiger partial charge in [-0.1, -0.05) is 25.1 Å². The summed E-state index contributed by atoms with van der Waals surface area (Å²) in [7, 11) is 0. The fourth-order valence-electron chi connectivity index (χ4n) is 1.76. The number of nitrogens with one attached hydrogen (secondary N) is 1. The van der Waals surface area contributed by atoms with Crippen LogP contribution in [0.2, 0.25) is 0 Å². The molecule has 2 rings (SSSR count). The first-order chi connectivity index (χ1) is 8.78. The maximum absolute atomic E-state index is 11.8. The SMILES string of the molecule is CCc1cccc(NC(=O)Cc2cccnc2)c1. The Morgan fingerprint density at radius 2 is 2.06 bits per heavy atom. The molecule has 0 aliphatic carbocycles. The summed E-state index contributed by atoms with van der Waals surface area (Å²) in [6.07, 6.45) is 4.73. The van der Waals surface area contributed by atoms with Crippen LogP contribution in [0, 0.1) is 0 Å². The molecule has 0 spiro atoms. The van der Waals surface area contributed by atoms with Crippen molar-refractivity contribution in [3.63, 3.8) is 0 Å². The highest BCUT2D eigenvalue weighted by atomic mass is 16.1. The first kappa shape index (κ1) is 12.3. The van der Waals surface area contributed by atoms with E-state index < -0.39 is 0 Å². The first-order valence-corrected chi connectivity index (χ1v) is 6.05. The van der Waals surface area contributed by atoms with E-state index in [1.165, 1.54) is 5.56 Å². The lowest BCUT2D eigenvalue weighted by Crippen LogP contribution is -2.14. The van der Waals surface area contributed by atoms with Crippen molar-refractivity contribution in [2.75, 3.05) is 5.32 Å². The highest BCUT2D eigenvalue weighted by molar-refractivity contribution is 5.92. The molecule has 0 unspecified atom stereocenters. The van der Waals surface area contributed by atoms with Crippen LogP contribution in [0.5, 0.6) is 0 Å². The van der Waals surface area contributed by atoms with Gasteiger partial charge in [-0.2, -0.15) is 0 Å². The van der Waals surface area contributed by atoms with E-state index >= 15 is 0 Å². The number of hydrogen-bond acceptors (Lipinski definition) is 2. The van der Waals surface area contributed by atoms with E-state index in [-0.39, 0.29) is 5.91 Å². The minimum atomic E-state index is -0.0174. The molecule has 1 aromatic carbocycles. The van der Waals surface area contributed by atoms with Gasteiger partial charge >= 0.3 is 0 Å². The molecule has 0 saturated heterocycles. The van der Waals surface area contributed by atoms with E-state index in [9.17, 15) is 4.79 Å². The number of hydrogen-bond donors (Lipinski definition) is 1. The van der Waals surface area contributed by atoms with Gasteiger partial charge in [-0.15, -0.1) is 0 Å². The predicted octanol–water partition coefficient (Wildman–Crippen LogP) is 2.83. The third-order valence-corrected chi connectivity index (χ3v) is 2.71. The number of pyridine rings is 1. The summed E-state index contributed by atoms with van der Waals surface area (Å²) in [5.74, 6) is -0.0174. The van der Waals surface area contributed by atoms with Crippen LogP contribution in [0.25, 0.3) is 0 Å². The van der Waals surface area contributed by atoms with Crippen molar-refractivity contribution in [3.8, 4) is 0 Å². The Balaban J connectivity index is 1.99. The maximum Gasteiger partial charge on any atom is 0.228 e. The topological polar surface area (TPSA) is 42.0 Å². The van der Waals surface area contributed by atoms with Crippen LogP contribution in [0.3, 0.4) is 0 Å². The van der Waals surface area contributed by atoms with Gasteiger partial charge in [-0.25, -0.2) is 0 Å². The van der Waals surface area contributed by atoms with Gasteiger partial charge in [0, 0.05) is 18.1 Å². The van der Waals surface area contributed by atoms with Gasteiger partial charge in [0.15, 0.2) is 0 Å². The van der Waals surface area contributed by atoms with Crippen molar-refractivity contribution in [1.29, 1.82) is 0 Å². The van der Waals surface area contributed by atoms with Crippen molar-refractivity contribution >= 4 is 11.6 Å². The number of anilines is 1. The molecule has 1 N–H and O–H groups in total. The van der Waals surface area contributed by atoms with Crippen LogP contribution >= 0.6 is 0 Å². The predicted molar refractivity (Wildman–Crippen MR) is 72.4 cm³/mol. The lowest BCUT2D eigenvalue weighted by molar-refractivity contribution is -0.115. The molecule has 92 valence electrons. The van der Waals surface area contributed by atoms with Crippen LogP contribution < -0.4 is 5.32 Å². The van der Waals surface area contributed by atoms with Crippen LogP contribution in [0.1, 0.15) is 18.1 Å². The smallest absolute Gasteiger partial charge is 0.228 e. The molecule has 1 aromatic heterocycles. The number of nitrogens with zero attached hydrogens (tertiary/aromatic N) is 1. The summed E-state index contributed by atoms with van der Waals surface area (Å²) in [5, 5.41) is 2.90. The van der Waals surface area contributed by atoms with Crippen LogP contribution in [-0.4, -0.2) is 10.9 Å². The minimum absolute atomic E-state index is 0.0174. The molecule has 3 nitrogen and oxygen atoms in total. The Bertz CT molecular complexity index is 523. The summed E-state index contributed by atoms with van der Waals surface area (Å²) in [4.78, 5) is 15.8. The molecule has 0 aliphatic rings. The van der Waals surface area contributed by atoms with Crippen molar-refractivity contribution in [3.05, 3.63) is 59.9 Å². The summed E-state index contributed by atoms with van der Waals surface area (Å²) in [5.41, 5.74) is 2.99. The molecule has 2 aromatic rings. The lowest BCUT2D eigenvalue weighted by Gasteiger charge is -2.06. The van der Waals surface area contributed by atoms with Gasteiger partial charge in [0.1, 0.15) is 0 Å². The molecule has 1 amide bonds. The third kappa shape index (κ3) is 3.42. The number of aromatic nitrogens is 1. The number of benzene rings is 1. The van der Waals surface area contributed by atoms with Gasteiger partial charge in [0.2, 0.25) is 5.91 Å². The van der Waals surface area contributed by atoms with Gasteiger partial charge < -0.3 is 5.32 Å². The average molecular weight is 240 g/mol. The second-order valence-electron chi connectivity index (χ2n) is 4.14. The Kier molecular flexibility index (Phi) is 4.07. The van der Waals surface area contributed by atoms with Crippen molar-refractivity contribution < 1.29 is 4.79 Å². The Morgan fingerprint density at radius 1 is 1.22 bits per heavy atom. The molecule has 0 bridgehead atoms. The van der Waals surface area contributed by atoms with Gasteiger partial charge in [0.05, 0.1) is 6.42 Å². The van der Waals surface area contributed by atoms with E-state index in [0.29, 0.717) is 6.42 Å². The molecular formula is C15H16N2O. The van der Waals surface area contributed by atoms with Crippen molar-refractivity contribution in [2.24, 2.45) is 0 Å². The summed E-state index contributed by atoms with van der Waals surface area (Å²) < 4.78 is 0. The van der Waals surface area contributed by atoms with Crippen LogP contribution in [-0.2, 0) is 17.6 Å². The molecule has 0 saturated carbocycles. The standard InChI is InChI=1S/C15H16N2O/c1-2-12-5-3-7-14(9-12)17-15(18)10-13-6-4-8-16-11-13/h3-9,11H,2,10H2,1H3,(H,17,18). The highest BCUT2D eigenvalue weighted by Gasteiger charge is 2.04. The van der Waals surface area contributed by atoms with E-state index in [1.807, 2.05) is 30.3 Å². The number of amides is 1. The molecule has 18 heavy (non-hydrogen) atoms. The molecule has 0 aliphatic heterocycles. The average Bonchev–Trinajstić information content (AvgIpc) is 2.40. The van der Waals surface area contributed by atoms with E-state index in [4.69, 9.17) is 0 Å². The summed E-state index contributed by atoms with van der Waals surface area (Å²) >= 11 is 0. The summed E-state index contributed by atoms with van der Waals surface area (Å²) in [6.45, 7) is 2.09. The minimum Gasteiger partial charge on any atom is -0.326 e. The highest BCUT2D eigenvalue weighted by Crippen LogP contribution is 2.11. The van der Waals surface area contributed by atoms with Gasteiger partial charge in [0.25, 0.3) is 0 Å². The normalized spacial score (nSPS) is 10.1. The van der Waals surface area contributed by atoms with E-state index in [1.54, 1.807) is 12.4 Å². The Labute approximate surface area is 107 Å². The zero-order chi connectivity index (χ0) is 12.8. The zero-order valence-electron chi connectivity index (χ0n) is 10.4. The van der Waals surface area contributed by atoms with Gasteiger partial charge in [-0.05, 0) is 35.7 Å². The van der Waals surface area contributed by atoms with Crippen LogP contribution in [0.4, 0.5) is 5.69 Å². The largest absolute Gasteiger partial charge is 0.326 e. The molecule has 0 fully saturated rings. The lowest BCUT2D eigenvalue weighted by atomic mass is 10.1. The Hall–Kier alpha value is -2.16. The fraction of sp³-hybridized carbons (Fsp3) is 0.200. The van der Waals surface area contributed by atoms with E-state index in [0.717, 1.165) is 17.7 Å². The van der Waals surface area contributed by atoms with Crippen LogP contribution in [0.15, 0.2) is 48.8 Å². The first-order valence-electron chi connectivity index (χ1n) is 6.05. The fourth-order valence-corrected chi connectivity index (χ4v) is 1.76. The summed E-state index contributed by atoms with van der Waals surface area (Å²) in [6, 6.07) is 11.6. The molecule has 0 radical (unpaired) electrons. The van der Waals surface area contributed by atoms with Crippen molar-refractivity contribution in [1.82, 2.24) is 4.98 Å². The zero-order valence-corrected chi connectivity index (χ0v) is 10.4. The number of aryl methyl sites for hydroxylation is 1. The molecular weight excluding hydrogens is 224 g/mol. The maximum atomic E-state index is 11.8. The van der Waals surface area contributed by atoms with E-state index in [2.05, 4.69) is 23.3 Å². The Morgan fingerprint density at radius 3 is 2.78 bits per heavy atom. The number of rotatable bonds is 4. The third-order valence-electron chi connectivity index (χ3n) is 2.71. The van der Waals surface area contributed by atoms with Gasteiger partial charge in [-0.3, -0.25) is 9.78 Å². The molecule has 0 atom stereocenters.